The highest BCUT2D eigenvalue weighted by Gasteiger charge is 2.19. The van der Waals surface area contributed by atoms with Crippen molar-refractivity contribution in [3.05, 3.63) is 189 Å². The van der Waals surface area contributed by atoms with Crippen molar-refractivity contribution in [2.45, 2.75) is 53.6 Å². The quantitative estimate of drug-likeness (QED) is 0.125. The van der Waals surface area contributed by atoms with E-state index in [-0.39, 0.29) is 68.6 Å². The van der Waals surface area contributed by atoms with Crippen LogP contribution in [0.3, 0.4) is 0 Å². The van der Waals surface area contributed by atoms with Crippen molar-refractivity contribution in [3.63, 3.8) is 0 Å². The summed E-state index contributed by atoms with van der Waals surface area (Å²) >= 11 is 6.52. The van der Waals surface area contributed by atoms with E-state index in [4.69, 9.17) is 15.2 Å². The van der Waals surface area contributed by atoms with E-state index in [2.05, 4.69) is 31.9 Å². The molecule has 0 aliphatic carbocycles. The van der Waals surface area contributed by atoms with Gasteiger partial charge in [-0.2, -0.15) is 0 Å². The van der Waals surface area contributed by atoms with Gasteiger partial charge >= 0.3 is 0 Å². The van der Waals surface area contributed by atoms with Crippen LogP contribution in [0, 0.1) is 44.0 Å². The molecule has 0 saturated heterocycles. The summed E-state index contributed by atoms with van der Waals surface area (Å²) in [6, 6.07) is 21.7. The maximum Gasteiger partial charge on any atom is 0.273 e. The first-order chi connectivity index (χ1) is 27.5. The predicted octanol–water partition coefficient (Wildman–Crippen LogP) is 9.05. The molecular weight excluding hydrogens is 890 g/mol. The second-order valence-electron chi connectivity index (χ2n) is 13.2. The molecule has 15 heteroatoms. The summed E-state index contributed by atoms with van der Waals surface area (Å²) in [7, 11) is 0. The lowest BCUT2D eigenvalue weighted by atomic mass is 10.1. The van der Waals surface area contributed by atoms with Crippen LogP contribution in [0.2, 0.25) is 0 Å². The molecular formula is C43H37Br2F4N3O6. The number of carbonyl (C=O) groups is 1. The van der Waals surface area contributed by atoms with Gasteiger partial charge in [0.1, 0.15) is 56.9 Å². The number of primary amides is 1. The molecule has 0 spiro atoms. The lowest BCUT2D eigenvalue weighted by Crippen LogP contribution is -2.27. The molecule has 0 bridgehead atoms. The standard InChI is InChI=1S/C22H20BrF2NO3.C21H17BrF2N2O3/c1-13-9-20(29-12-17-7-8-18(24)10-19(17)25)21(23)22(28)26(13)14(2)16-5-3-15(11-27)4-6-16;1-11-3-4-13(20(25)27)8-17(11)26-12(2)7-18(19(22)21(26)28)29-10-14-5-6-15(23)9-16(14)24/h3-10,14,27H,11-12H2,1-2H3;3-9H,10H2,1-2H3,(H2,25,27). The number of rotatable bonds is 11. The molecule has 302 valence electrons. The van der Waals surface area contributed by atoms with Crippen LogP contribution >= 0.6 is 31.9 Å². The molecule has 6 aromatic rings. The van der Waals surface area contributed by atoms with Gasteiger partial charge in [0.2, 0.25) is 5.91 Å². The van der Waals surface area contributed by atoms with Gasteiger partial charge < -0.3 is 24.9 Å². The smallest absolute Gasteiger partial charge is 0.273 e. The Hall–Kier alpha value is -5.51. The third-order valence-electron chi connectivity index (χ3n) is 9.21. The van der Waals surface area contributed by atoms with E-state index in [1.807, 2.05) is 38.1 Å². The number of ether oxygens (including phenoxy) is 2. The Morgan fingerprint density at radius 1 is 0.724 bits per heavy atom. The molecule has 1 unspecified atom stereocenters. The first kappa shape index (κ1) is 43.6. The van der Waals surface area contributed by atoms with Gasteiger partial charge in [-0.25, -0.2) is 17.6 Å². The van der Waals surface area contributed by atoms with Crippen molar-refractivity contribution in [2.24, 2.45) is 5.73 Å². The average molecular weight is 928 g/mol. The van der Waals surface area contributed by atoms with Gasteiger partial charge in [0.25, 0.3) is 11.1 Å². The average Bonchev–Trinajstić information content (AvgIpc) is 3.18. The Morgan fingerprint density at radius 2 is 1.24 bits per heavy atom. The number of aryl methyl sites for hydroxylation is 3. The largest absolute Gasteiger partial charge is 0.487 e. The lowest BCUT2D eigenvalue weighted by Gasteiger charge is -2.21. The van der Waals surface area contributed by atoms with E-state index < -0.39 is 34.7 Å². The Bertz CT molecular complexity index is 2620. The number of aliphatic hydroxyl groups is 1. The van der Waals surface area contributed by atoms with E-state index in [1.54, 1.807) is 48.7 Å². The van der Waals surface area contributed by atoms with Crippen LogP contribution in [-0.4, -0.2) is 20.1 Å². The van der Waals surface area contributed by atoms with Crippen molar-refractivity contribution in [2.75, 3.05) is 0 Å². The summed E-state index contributed by atoms with van der Waals surface area (Å²) in [5.74, 6) is -2.87. The van der Waals surface area contributed by atoms with E-state index in [0.29, 0.717) is 17.1 Å². The zero-order chi connectivity index (χ0) is 42.4. The second-order valence-corrected chi connectivity index (χ2v) is 14.8. The Kier molecular flexibility index (Phi) is 14.2. The van der Waals surface area contributed by atoms with Crippen molar-refractivity contribution in [1.29, 1.82) is 0 Å². The zero-order valence-electron chi connectivity index (χ0n) is 31.6. The number of halogens is 6. The fourth-order valence-electron chi connectivity index (χ4n) is 6.01. The maximum atomic E-state index is 13.8. The number of hydrogen-bond acceptors (Lipinski definition) is 6. The molecule has 0 radical (unpaired) electrons. The molecule has 2 heterocycles. The van der Waals surface area contributed by atoms with Crippen LogP contribution in [0.25, 0.3) is 5.69 Å². The Morgan fingerprint density at radius 3 is 1.74 bits per heavy atom. The van der Waals surface area contributed by atoms with Crippen LogP contribution in [0.4, 0.5) is 17.6 Å². The molecule has 0 aliphatic rings. The van der Waals surface area contributed by atoms with Gasteiger partial charge in [-0.15, -0.1) is 0 Å². The van der Waals surface area contributed by atoms with E-state index in [9.17, 15) is 37.1 Å². The SMILES string of the molecule is Cc1cc(OCc2ccc(F)cc2F)c(Br)c(=O)n1C(C)c1ccc(CO)cc1.Cc1ccc(C(N)=O)cc1-n1c(C)cc(OCc2ccc(F)cc2F)c(Br)c1=O. The molecule has 6 rings (SSSR count). The minimum atomic E-state index is -0.731. The number of pyridine rings is 2. The molecule has 4 aromatic carbocycles. The highest BCUT2D eigenvalue weighted by molar-refractivity contribution is 9.10. The van der Waals surface area contributed by atoms with Crippen LogP contribution in [0.15, 0.2) is 110 Å². The number of amides is 1. The highest BCUT2D eigenvalue weighted by atomic mass is 79.9. The minimum absolute atomic E-state index is 0.0418. The van der Waals surface area contributed by atoms with E-state index in [1.165, 1.54) is 16.7 Å². The summed E-state index contributed by atoms with van der Waals surface area (Å²) in [5, 5.41) is 9.19. The van der Waals surface area contributed by atoms with Crippen LogP contribution < -0.4 is 26.3 Å². The number of nitrogens with two attached hydrogens (primary N) is 1. The van der Waals surface area contributed by atoms with Gasteiger partial charge in [-0.1, -0.05) is 30.3 Å². The number of carbonyl (C=O) groups excluding carboxylic acids is 1. The van der Waals surface area contributed by atoms with Gasteiger partial charge in [0, 0.05) is 52.3 Å². The molecule has 0 fully saturated rings. The Balaban J connectivity index is 0.000000221. The van der Waals surface area contributed by atoms with Crippen molar-refractivity contribution < 1.29 is 36.9 Å². The number of benzene rings is 4. The third kappa shape index (κ3) is 9.95. The third-order valence-corrected chi connectivity index (χ3v) is 10.7. The molecule has 0 saturated carbocycles. The van der Waals surface area contributed by atoms with E-state index >= 15 is 0 Å². The molecule has 58 heavy (non-hydrogen) atoms. The topological polar surface area (TPSA) is 126 Å². The highest BCUT2D eigenvalue weighted by Crippen LogP contribution is 2.29. The number of aliphatic hydroxyl groups excluding tert-OH is 1. The maximum absolute atomic E-state index is 13.8. The minimum Gasteiger partial charge on any atom is -0.487 e. The molecule has 9 nitrogen and oxygen atoms in total. The zero-order valence-corrected chi connectivity index (χ0v) is 34.8. The summed E-state index contributed by atoms with van der Waals surface area (Å²) in [6.45, 7) is 6.85. The van der Waals surface area contributed by atoms with E-state index in [0.717, 1.165) is 41.0 Å². The second kappa shape index (κ2) is 18.8. The fourth-order valence-corrected chi connectivity index (χ4v) is 6.83. The number of aromatic nitrogens is 2. The summed E-state index contributed by atoms with van der Waals surface area (Å²) in [6.07, 6.45) is 0. The molecule has 3 N–H and O–H groups in total. The predicted molar refractivity (Wildman–Crippen MR) is 218 cm³/mol. The van der Waals surface area contributed by atoms with Crippen LogP contribution in [0.1, 0.15) is 62.5 Å². The fraction of sp³-hybridized carbons (Fsp3) is 0.186. The Labute approximate surface area is 347 Å². The normalized spacial score (nSPS) is 11.4. The van der Waals surface area contributed by atoms with Gasteiger partial charge in [0.05, 0.1) is 18.3 Å². The first-order valence-electron chi connectivity index (χ1n) is 17.6. The van der Waals surface area contributed by atoms with Crippen molar-refractivity contribution in [3.8, 4) is 17.2 Å². The number of hydrogen-bond donors (Lipinski definition) is 2. The van der Waals surface area contributed by atoms with Crippen molar-refractivity contribution in [1.82, 2.24) is 9.13 Å². The van der Waals surface area contributed by atoms with Gasteiger partial charge in [-0.05, 0) is 113 Å². The summed E-state index contributed by atoms with van der Waals surface area (Å²) < 4.78 is 68.3. The molecule has 2 aromatic heterocycles. The van der Waals surface area contributed by atoms with Gasteiger partial charge in [-0.3, -0.25) is 19.0 Å². The van der Waals surface area contributed by atoms with Crippen LogP contribution in [0.5, 0.6) is 11.5 Å². The summed E-state index contributed by atoms with van der Waals surface area (Å²) in [5.41, 5.74) is 9.49. The number of nitrogens with zero attached hydrogens (tertiary/aromatic N) is 2. The summed E-state index contributed by atoms with van der Waals surface area (Å²) in [4.78, 5) is 37.4. The first-order valence-corrected chi connectivity index (χ1v) is 19.2. The van der Waals surface area contributed by atoms with Crippen LogP contribution in [-0.2, 0) is 19.8 Å². The monoisotopic (exact) mass is 925 g/mol. The van der Waals surface area contributed by atoms with Gasteiger partial charge in [0.15, 0.2) is 0 Å². The molecule has 1 atom stereocenters. The molecule has 1 amide bonds. The molecule has 0 aliphatic heterocycles. The lowest BCUT2D eigenvalue weighted by molar-refractivity contribution is 0.1000. The van der Waals surface area contributed by atoms with Crippen molar-refractivity contribution >= 4 is 37.8 Å².